The number of benzene rings is 2. The van der Waals surface area contributed by atoms with E-state index in [1.54, 1.807) is 6.07 Å². The van der Waals surface area contributed by atoms with Gasteiger partial charge in [0.05, 0.1) is 0 Å². The van der Waals surface area contributed by atoms with Gasteiger partial charge in [0.2, 0.25) is 0 Å². The van der Waals surface area contributed by atoms with Crippen LogP contribution in [0.4, 0.5) is 11.4 Å². The normalized spacial score (nSPS) is 10.3. The van der Waals surface area contributed by atoms with Gasteiger partial charge in [0.15, 0.2) is 0 Å². The average molecular weight is 295 g/mol. The van der Waals surface area contributed by atoms with Gasteiger partial charge in [-0.05, 0) is 48.0 Å². The van der Waals surface area contributed by atoms with Crippen molar-refractivity contribution >= 4 is 34.6 Å². The molecule has 4 heteroatoms. The summed E-state index contributed by atoms with van der Waals surface area (Å²) in [4.78, 5) is 2.07. The number of hydrogen-bond acceptors (Lipinski definition) is 2. The molecule has 2 nitrogen and oxygen atoms in total. The second kappa shape index (κ2) is 6.18. The average Bonchev–Trinajstić information content (AvgIpc) is 2.40. The highest BCUT2D eigenvalue weighted by molar-refractivity contribution is 6.33. The van der Waals surface area contributed by atoms with Crippen LogP contribution in [0.2, 0.25) is 10.0 Å². The van der Waals surface area contributed by atoms with Gasteiger partial charge in [0.25, 0.3) is 0 Å². The summed E-state index contributed by atoms with van der Waals surface area (Å²) in [5.41, 5.74) is 3.22. The van der Waals surface area contributed by atoms with Crippen LogP contribution >= 0.6 is 23.2 Å². The molecule has 2 aromatic carbocycles. The maximum absolute atomic E-state index is 6.12. The van der Waals surface area contributed by atoms with Gasteiger partial charge >= 0.3 is 0 Å². The van der Waals surface area contributed by atoms with Crippen LogP contribution in [0, 0.1) is 0 Å². The topological polar surface area (TPSA) is 15.3 Å². The van der Waals surface area contributed by atoms with Gasteiger partial charge in [-0.15, -0.1) is 0 Å². The first-order valence-corrected chi connectivity index (χ1v) is 6.77. The minimum Gasteiger partial charge on any atom is -0.381 e. The smallest absolute Gasteiger partial charge is 0.0456 e. The van der Waals surface area contributed by atoms with E-state index in [0.717, 1.165) is 16.3 Å². The molecule has 0 heterocycles. The number of nitrogens with zero attached hydrogens (tertiary/aromatic N) is 1. The van der Waals surface area contributed by atoms with E-state index in [1.807, 2.05) is 38.4 Å². The lowest BCUT2D eigenvalue weighted by atomic mass is 10.2. The maximum atomic E-state index is 6.12. The summed E-state index contributed by atoms with van der Waals surface area (Å²) in [6, 6.07) is 13.7. The van der Waals surface area contributed by atoms with E-state index in [2.05, 4.69) is 22.3 Å². The maximum Gasteiger partial charge on any atom is 0.0456 e. The third kappa shape index (κ3) is 3.79. The van der Waals surface area contributed by atoms with E-state index in [-0.39, 0.29) is 0 Å². The van der Waals surface area contributed by atoms with Crippen molar-refractivity contribution in [1.29, 1.82) is 0 Å². The van der Waals surface area contributed by atoms with Crippen molar-refractivity contribution in [3.8, 4) is 0 Å². The molecule has 0 bridgehead atoms. The Morgan fingerprint density at radius 1 is 1.00 bits per heavy atom. The first kappa shape index (κ1) is 14.0. The monoisotopic (exact) mass is 294 g/mol. The second-order valence-corrected chi connectivity index (χ2v) is 5.37. The van der Waals surface area contributed by atoms with Gasteiger partial charge in [0.1, 0.15) is 0 Å². The molecule has 0 aliphatic rings. The summed E-state index contributed by atoms with van der Waals surface area (Å²) in [6.07, 6.45) is 0. The zero-order valence-corrected chi connectivity index (χ0v) is 12.5. The fourth-order valence-corrected chi connectivity index (χ4v) is 2.13. The van der Waals surface area contributed by atoms with E-state index >= 15 is 0 Å². The molecular formula is C15H16Cl2N2. The number of nitrogens with one attached hydrogen (secondary N) is 1. The van der Waals surface area contributed by atoms with Crippen molar-refractivity contribution in [2.24, 2.45) is 0 Å². The number of anilines is 2. The first-order valence-electron chi connectivity index (χ1n) is 6.01. The molecule has 0 aliphatic carbocycles. The van der Waals surface area contributed by atoms with E-state index < -0.39 is 0 Å². The highest BCUT2D eigenvalue weighted by atomic mass is 35.5. The van der Waals surface area contributed by atoms with Gasteiger partial charge in [-0.25, -0.2) is 0 Å². The summed E-state index contributed by atoms with van der Waals surface area (Å²) in [5.74, 6) is 0. The Morgan fingerprint density at radius 3 is 2.32 bits per heavy atom. The van der Waals surface area contributed by atoms with E-state index in [1.165, 1.54) is 5.69 Å². The van der Waals surface area contributed by atoms with Crippen LogP contribution in [0.1, 0.15) is 5.56 Å². The highest BCUT2D eigenvalue weighted by Crippen LogP contribution is 2.22. The molecule has 0 unspecified atom stereocenters. The Morgan fingerprint density at radius 2 is 1.68 bits per heavy atom. The van der Waals surface area contributed by atoms with Crippen molar-refractivity contribution in [1.82, 2.24) is 0 Å². The fourth-order valence-electron chi connectivity index (χ4n) is 1.75. The van der Waals surface area contributed by atoms with Gasteiger partial charge in [-0.2, -0.15) is 0 Å². The predicted molar refractivity (Wildman–Crippen MR) is 84.6 cm³/mol. The molecule has 0 aromatic heterocycles. The Balaban J connectivity index is 2.04. The summed E-state index contributed by atoms with van der Waals surface area (Å²) in [6.45, 7) is 0.653. The lowest BCUT2D eigenvalue weighted by molar-refractivity contribution is 1.12. The second-order valence-electron chi connectivity index (χ2n) is 4.53. The van der Waals surface area contributed by atoms with Crippen molar-refractivity contribution < 1.29 is 0 Å². The van der Waals surface area contributed by atoms with Crippen molar-refractivity contribution in [2.45, 2.75) is 6.54 Å². The number of rotatable bonds is 4. The molecule has 2 rings (SSSR count). The zero-order valence-electron chi connectivity index (χ0n) is 11.0. The van der Waals surface area contributed by atoms with Crippen LogP contribution in [0.15, 0.2) is 42.5 Å². The summed E-state index contributed by atoms with van der Waals surface area (Å²) < 4.78 is 0. The van der Waals surface area contributed by atoms with Gasteiger partial charge in [-0.1, -0.05) is 23.2 Å². The summed E-state index contributed by atoms with van der Waals surface area (Å²) in [7, 11) is 4.04. The quantitative estimate of drug-likeness (QED) is 0.881. The molecule has 0 spiro atoms. The first-order chi connectivity index (χ1) is 9.06. The van der Waals surface area contributed by atoms with Crippen LogP contribution in [0.5, 0.6) is 0 Å². The molecule has 0 amide bonds. The van der Waals surface area contributed by atoms with Crippen molar-refractivity contribution in [3.05, 3.63) is 58.1 Å². The molecule has 0 saturated carbocycles. The van der Waals surface area contributed by atoms with Crippen molar-refractivity contribution in [3.63, 3.8) is 0 Å². The predicted octanol–water partition coefficient (Wildman–Crippen LogP) is 4.67. The molecule has 0 atom stereocenters. The fraction of sp³-hybridized carbons (Fsp3) is 0.200. The van der Waals surface area contributed by atoms with Gasteiger partial charge < -0.3 is 10.2 Å². The Hall–Kier alpha value is -1.38. The molecular weight excluding hydrogens is 279 g/mol. The Kier molecular flexibility index (Phi) is 4.56. The largest absolute Gasteiger partial charge is 0.381 e. The molecule has 1 N–H and O–H groups in total. The van der Waals surface area contributed by atoms with Gasteiger partial charge in [0, 0.05) is 42.1 Å². The molecule has 0 saturated heterocycles. The highest BCUT2D eigenvalue weighted by Gasteiger charge is 2.02. The van der Waals surface area contributed by atoms with E-state index in [4.69, 9.17) is 23.2 Å². The lowest BCUT2D eigenvalue weighted by Gasteiger charge is -2.13. The molecule has 0 aliphatic heterocycles. The van der Waals surface area contributed by atoms with Crippen LogP contribution in [0.25, 0.3) is 0 Å². The standard InChI is InChI=1S/C15H16Cl2N2/c1-19(2)14-6-4-13(5-7-14)18-10-11-9-12(16)3-8-15(11)17/h3-9,18H,10H2,1-2H3. The van der Waals surface area contributed by atoms with E-state index in [0.29, 0.717) is 11.6 Å². The zero-order chi connectivity index (χ0) is 13.8. The minimum absolute atomic E-state index is 0.653. The van der Waals surface area contributed by atoms with Crippen LogP contribution in [0.3, 0.4) is 0 Å². The van der Waals surface area contributed by atoms with E-state index in [9.17, 15) is 0 Å². The van der Waals surface area contributed by atoms with Gasteiger partial charge in [-0.3, -0.25) is 0 Å². The van der Waals surface area contributed by atoms with Crippen LogP contribution in [-0.4, -0.2) is 14.1 Å². The Bertz CT molecular complexity index is 551. The number of hydrogen-bond donors (Lipinski definition) is 1. The van der Waals surface area contributed by atoms with Crippen molar-refractivity contribution in [2.75, 3.05) is 24.3 Å². The molecule has 2 aromatic rings. The molecule has 0 radical (unpaired) electrons. The third-order valence-corrected chi connectivity index (χ3v) is 3.48. The SMILES string of the molecule is CN(C)c1ccc(NCc2cc(Cl)ccc2Cl)cc1. The lowest BCUT2D eigenvalue weighted by Crippen LogP contribution is -2.08. The minimum atomic E-state index is 0.653. The number of halogens is 2. The molecule has 19 heavy (non-hydrogen) atoms. The molecule has 0 fully saturated rings. The summed E-state index contributed by atoms with van der Waals surface area (Å²) >= 11 is 12.1. The Labute approximate surface area is 123 Å². The van der Waals surface area contributed by atoms with Crippen LogP contribution in [-0.2, 0) is 6.54 Å². The third-order valence-electron chi connectivity index (χ3n) is 2.87. The molecule has 100 valence electrons. The summed E-state index contributed by atoms with van der Waals surface area (Å²) in [5, 5.41) is 4.76. The van der Waals surface area contributed by atoms with Crippen LogP contribution < -0.4 is 10.2 Å².